The first kappa shape index (κ1) is 20.5. The standard InChI is InChI=1S/C24H20N4O5/c1-32-17-11-10-15-20(21(17)33-2)24(31)28-16-8-4-3-7-14(16)23(30)27(22(15)28)13-19(29)26-18-9-5-6-12-25-18/h3-12,22H,13H2,1-2H3,(H,25,26,29)/t22-/m0/s1. The fourth-order valence-electron chi connectivity index (χ4n) is 4.36. The summed E-state index contributed by atoms with van der Waals surface area (Å²) in [6.07, 6.45) is 0.759. The second-order valence-corrected chi connectivity index (χ2v) is 7.53. The van der Waals surface area contributed by atoms with Gasteiger partial charge in [0.05, 0.1) is 31.0 Å². The summed E-state index contributed by atoms with van der Waals surface area (Å²) >= 11 is 0. The van der Waals surface area contributed by atoms with Gasteiger partial charge in [-0.25, -0.2) is 4.98 Å². The molecular weight excluding hydrogens is 424 g/mol. The highest BCUT2D eigenvalue weighted by molar-refractivity contribution is 6.18. The van der Waals surface area contributed by atoms with E-state index in [4.69, 9.17) is 9.47 Å². The Kier molecular flexibility index (Phi) is 4.93. The maximum atomic E-state index is 13.6. The van der Waals surface area contributed by atoms with E-state index in [1.54, 1.807) is 60.8 Å². The van der Waals surface area contributed by atoms with Crippen molar-refractivity contribution < 1.29 is 23.9 Å². The van der Waals surface area contributed by atoms with E-state index < -0.39 is 12.1 Å². The molecule has 0 saturated carbocycles. The van der Waals surface area contributed by atoms with Crippen molar-refractivity contribution in [1.82, 2.24) is 9.88 Å². The molecule has 1 N–H and O–H groups in total. The van der Waals surface area contributed by atoms with E-state index in [1.165, 1.54) is 24.0 Å². The number of anilines is 2. The van der Waals surface area contributed by atoms with Crippen molar-refractivity contribution in [2.45, 2.75) is 6.17 Å². The van der Waals surface area contributed by atoms with Gasteiger partial charge in [-0.15, -0.1) is 0 Å². The van der Waals surface area contributed by atoms with Gasteiger partial charge in [-0.05, 0) is 30.3 Å². The number of carbonyl (C=O) groups is 3. The molecule has 0 bridgehead atoms. The number of pyridine rings is 1. The number of aromatic nitrogens is 1. The van der Waals surface area contributed by atoms with E-state index in [2.05, 4.69) is 10.3 Å². The number of methoxy groups -OCH3 is 2. The number of carbonyl (C=O) groups excluding carboxylic acids is 3. The van der Waals surface area contributed by atoms with Crippen LogP contribution in [0.4, 0.5) is 11.5 Å². The Morgan fingerprint density at radius 3 is 2.52 bits per heavy atom. The van der Waals surface area contributed by atoms with Crippen LogP contribution >= 0.6 is 0 Å². The monoisotopic (exact) mass is 444 g/mol. The molecule has 0 spiro atoms. The highest BCUT2D eigenvalue weighted by Gasteiger charge is 2.50. The molecule has 2 aliphatic heterocycles. The van der Waals surface area contributed by atoms with Crippen LogP contribution in [0.2, 0.25) is 0 Å². The molecule has 1 atom stereocenters. The van der Waals surface area contributed by atoms with E-state index >= 15 is 0 Å². The second-order valence-electron chi connectivity index (χ2n) is 7.53. The number of rotatable bonds is 5. The predicted molar refractivity (Wildman–Crippen MR) is 119 cm³/mol. The fraction of sp³-hybridized carbons (Fsp3) is 0.167. The molecule has 9 heteroatoms. The Labute approximate surface area is 189 Å². The molecule has 2 aromatic carbocycles. The Morgan fingerprint density at radius 1 is 1.00 bits per heavy atom. The molecule has 0 unspecified atom stereocenters. The van der Waals surface area contributed by atoms with Crippen LogP contribution in [0.25, 0.3) is 0 Å². The van der Waals surface area contributed by atoms with Crippen molar-refractivity contribution in [3.05, 3.63) is 77.5 Å². The number of hydrogen-bond donors (Lipinski definition) is 1. The third kappa shape index (κ3) is 3.16. The molecule has 2 aliphatic rings. The minimum Gasteiger partial charge on any atom is -0.493 e. The van der Waals surface area contributed by atoms with Gasteiger partial charge in [0.2, 0.25) is 5.91 Å². The van der Waals surface area contributed by atoms with Gasteiger partial charge in [-0.1, -0.05) is 24.3 Å². The molecule has 0 fully saturated rings. The van der Waals surface area contributed by atoms with Crippen LogP contribution in [0.5, 0.6) is 11.5 Å². The summed E-state index contributed by atoms with van der Waals surface area (Å²) in [5.41, 5.74) is 1.69. The molecule has 0 aliphatic carbocycles. The molecular formula is C24H20N4O5. The van der Waals surface area contributed by atoms with Crippen LogP contribution in [0.15, 0.2) is 60.8 Å². The summed E-state index contributed by atoms with van der Waals surface area (Å²) < 4.78 is 10.9. The van der Waals surface area contributed by atoms with Crippen molar-refractivity contribution in [3.8, 4) is 11.5 Å². The molecule has 0 saturated heterocycles. The van der Waals surface area contributed by atoms with E-state index in [-0.39, 0.29) is 24.1 Å². The molecule has 0 radical (unpaired) electrons. The zero-order valence-electron chi connectivity index (χ0n) is 17.9. The fourth-order valence-corrected chi connectivity index (χ4v) is 4.36. The van der Waals surface area contributed by atoms with E-state index in [1.807, 2.05) is 0 Å². The van der Waals surface area contributed by atoms with Gasteiger partial charge in [0.15, 0.2) is 11.5 Å². The molecule has 3 heterocycles. The molecule has 9 nitrogen and oxygen atoms in total. The predicted octanol–water partition coefficient (Wildman–Crippen LogP) is 2.85. The summed E-state index contributed by atoms with van der Waals surface area (Å²) in [7, 11) is 2.95. The number of nitrogens with zero attached hydrogens (tertiary/aromatic N) is 3. The summed E-state index contributed by atoms with van der Waals surface area (Å²) in [6, 6.07) is 15.4. The van der Waals surface area contributed by atoms with E-state index in [0.717, 1.165) is 0 Å². The van der Waals surface area contributed by atoms with Gasteiger partial charge in [0, 0.05) is 11.8 Å². The van der Waals surface area contributed by atoms with Crippen molar-refractivity contribution in [2.75, 3.05) is 31.0 Å². The van der Waals surface area contributed by atoms with Crippen LogP contribution < -0.4 is 19.7 Å². The van der Waals surface area contributed by atoms with Gasteiger partial charge in [0.25, 0.3) is 11.8 Å². The number of para-hydroxylation sites is 1. The van der Waals surface area contributed by atoms with Crippen LogP contribution in [0.3, 0.4) is 0 Å². The van der Waals surface area contributed by atoms with Crippen molar-refractivity contribution >= 4 is 29.2 Å². The number of fused-ring (bicyclic) bond motifs is 5. The number of ether oxygens (including phenoxy) is 2. The minimum atomic E-state index is -0.802. The zero-order valence-corrected chi connectivity index (χ0v) is 17.9. The lowest BCUT2D eigenvalue weighted by atomic mass is 10.0. The van der Waals surface area contributed by atoms with Gasteiger partial charge in [-0.3, -0.25) is 19.3 Å². The van der Waals surface area contributed by atoms with Gasteiger partial charge < -0.3 is 19.7 Å². The zero-order chi connectivity index (χ0) is 23.1. The van der Waals surface area contributed by atoms with Gasteiger partial charge in [-0.2, -0.15) is 0 Å². The topological polar surface area (TPSA) is 101 Å². The maximum absolute atomic E-state index is 13.6. The first-order valence-electron chi connectivity index (χ1n) is 10.2. The smallest absolute Gasteiger partial charge is 0.264 e. The first-order valence-corrected chi connectivity index (χ1v) is 10.2. The average molecular weight is 444 g/mol. The van der Waals surface area contributed by atoms with Gasteiger partial charge in [0.1, 0.15) is 18.5 Å². The lowest BCUT2D eigenvalue weighted by molar-refractivity contribution is -0.117. The quantitative estimate of drug-likeness (QED) is 0.650. The lowest BCUT2D eigenvalue weighted by Crippen LogP contribution is -2.50. The van der Waals surface area contributed by atoms with Crippen LogP contribution in [0.1, 0.15) is 32.4 Å². The molecule has 5 rings (SSSR count). The van der Waals surface area contributed by atoms with Crippen molar-refractivity contribution in [1.29, 1.82) is 0 Å². The third-order valence-electron chi connectivity index (χ3n) is 5.73. The number of hydrogen-bond acceptors (Lipinski definition) is 6. The number of benzene rings is 2. The Hall–Kier alpha value is -4.40. The highest BCUT2D eigenvalue weighted by atomic mass is 16.5. The largest absolute Gasteiger partial charge is 0.493 e. The van der Waals surface area contributed by atoms with Crippen molar-refractivity contribution in [3.63, 3.8) is 0 Å². The molecule has 33 heavy (non-hydrogen) atoms. The lowest BCUT2D eigenvalue weighted by Gasteiger charge is -2.40. The number of amides is 3. The van der Waals surface area contributed by atoms with E-state index in [9.17, 15) is 14.4 Å². The van der Waals surface area contributed by atoms with Crippen LogP contribution in [0, 0.1) is 0 Å². The summed E-state index contributed by atoms with van der Waals surface area (Å²) in [5, 5.41) is 2.70. The minimum absolute atomic E-state index is 0.272. The SMILES string of the molecule is COc1ccc2c(c1OC)C(=O)N1c3ccccc3C(=O)N(CC(=O)Nc3ccccn3)[C@H]21. The Balaban J connectivity index is 1.60. The normalized spacial score (nSPS) is 16.1. The second kappa shape index (κ2) is 7.94. The van der Waals surface area contributed by atoms with Crippen molar-refractivity contribution in [2.24, 2.45) is 0 Å². The summed E-state index contributed by atoms with van der Waals surface area (Å²) in [6.45, 7) is -0.272. The Bertz CT molecular complexity index is 1280. The molecule has 3 amide bonds. The number of nitrogens with one attached hydrogen (secondary N) is 1. The highest BCUT2D eigenvalue weighted by Crippen LogP contribution is 2.49. The van der Waals surface area contributed by atoms with Gasteiger partial charge >= 0.3 is 0 Å². The maximum Gasteiger partial charge on any atom is 0.264 e. The molecule has 1 aromatic heterocycles. The summed E-state index contributed by atoms with van der Waals surface area (Å²) in [5.74, 6) is -0.0405. The van der Waals surface area contributed by atoms with Crippen LogP contribution in [-0.4, -0.2) is 48.4 Å². The van der Waals surface area contributed by atoms with E-state index in [0.29, 0.717) is 33.9 Å². The average Bonchev–Trinajstić information content (AvgIpc) is 3.14. The summed E-state index contributed by atoms with van der Waals surface area (Å²) in [4.78, 5) is 46.9. The van der Waals surface area contributed by atoms with Crippen LogP contribution in [-0.2, 0) is 4.79 Å². The Morgan fingerprint density at radius 2 is 1.79 bits per heavy atom. The molecule has 3 aromatic rings. The molecule has 166 valence electrons. The third-order valence-corrected chi connectivity index (χ3v) is 5.73. The first-order chi connectivity index (χ1) is 16.0.